The number of halogens is 3. The Morgan fingerprint density at radius 2 is 1.93 bits per heavy atom. The molecule has 0 aromatic heterocycles. The van der Waals surface area contributed by atoms with Crippen molar-refractivity contribution in [2.45, 2.75) is 25.3 Å². The number of ether oxygens (including phenoxy) is 3. The molecule has 0 bridgehead atoms. The number of amides is 1. The van der Waals surface area contributed by atoms with Crippen LogP contribution in [0.15, 0.2) is 48.5 Å². The second-order valence-corrected chi connectivity index (χ2v) is 6.00. The first kappa shape index (κ1) is 19.0. The molecule has 0 radical (unpaired) electrons. The fourth-order valence-corrected chi connectivity index (χ4v) is 2.64. The molecule has 1 saturated heterocycles. The lowest BCUT2D eigenvalue weighted by Gasteiger charge is -2.12. The van der Waals surface area contributed by atoms with Crippen molar-refractivity contribution in [1.82, 2.24) is 0 Å². The van der Waals surface area contributed by atoms with Gasteiger partial charge in [-0.2, -0.15) is 0 Å². The average Bonchev–Trinajstić information content (AvgIpc) is 3.13. The molecule has 0 saturated carbocycles. The van der Waals surface area contributed by atoms with Crippen LogP contribution in [0.4, 0.5) is 18.9 Å². The molecule has 1 fully saturated rings. The van der Waals surface area contributed by atoms with Crippen molar-refractivity contribution >= 4 is 11.6 Å². The maximum Gasteiger partial charge on any atom is 0.573 e. The SMILES string of the molecule is O=C(Nc1cccc(OC(F)(F)F)c1)c1ccc(OCC2CCCO2)cc1. The van der Waals surface area contributed by atoms with Crippen molar-refractivity contribution in [3.63, 3.8) is 0 Å². The topological polar surface area (TPSA) is 56.8 Å². The van der Waals surface area contributed by atoms with Crippen LogP contribution in [0.5, 0.6) is 11.5 Å². The zero-order valence-corrected chi connectivity index (χ0v) is 14.3. The van der Waals surface area contributed by atoms with Crippen LogP contribution in [-0.2, 0) is 4.74 Å². The van der Waals surface area contributed by atoms with Gasteiger partial charge in [-0.3, -0.25) is 4.79 Å². The van der Waals surface area contributed by atoms with E-state index in [0.717, 1.165) is 31.6 Å². The fraction of sp³-hybridized carbons (Fsp3) is 0.316. The Morgan fingerprint density at radius 1 is 1.15 bits per heavy atom. The van der Waals surface area contributed by atoms with Gasteiger partial charge in [-0.1, -0.05) is 6.07 Å². The third-order valence-electron chi connectivity index (χ3n) is 3.90. The highest BCUT2D eigenvalue weighted by Gasteiger charge is 2.31. The Balaban J connectivity index is 1.56. The van der Waals surface area contributed by atoms with Crippen LogP contribution in [0.2, 0.25) is 0 Å². The number of nitrogens with one attached hydrogen (secondary N) is 1. The lowest BCUT2D eigenvalue weighted by atomic mass is 10.2. The summed E-state index contributed by atoms with van der Waals surface area (Å²) in [6.45, 7) is 1.21. The Labute approximate surface area is 154 Å². The van der Waals surface area contributed by atoms with Gasteiger partial charge in [-0.05, 0) is 49.2 Å². The van der Waals surface area contributed by atoms with Crippen molar-refractivity contribution in [1.29, 1.82) is 0 Å². The molecule has 0 spiro atoms. The molecule has 1 aliphatic rings. The second kappa shape index (κ2) is 8.30. The zero-order chi connectivity index (χ0) is 19.3. The van der Waals surface area contributed by atoms with Crippen molar-refractivity contribution in [3.05, 3.63) is 54.1 Å². The number of hydrogen-bond donors (Lipinski definition) is 1. The average molecular weight is 381 g/mol. The Morgan fingerprint density at radius 3 is 2.59 bits per heavy atom. The van der Waals surface area contributed by atoms with Crippen LogP contribution in [-0.4, -0.2) is 31.6 Å². The highest BCUT2D eigenvalue weighted by atomic mass is 19.4. The normalized spacial score (nSPS) is 16.8. The van der Waals surface area contributed by atoms with Crippen molar-refractivity contribution in [3.8, 4) is 11.5 Å². The Kier molecular flexibility index (Phi) is 5.85. The van der Waals surface area contributed by atoms with Gasteiger partial charge in [0.2, 0.25) is 0 Å². The summed E-state index contributed by atoms with van der Waals surface area (Å²) in [4.78, 5) is 12.3. The van der Waals surface area contributed by atoms with Gasteiger partial charge in [0, 0.05) is 23.9 Å². The zero-order valence-electron chi connectivity index (χ0n) is 14.3. The number of rotatable bonds is 6. The molecule has 1 unspecified atom stereocenters. The van der Waals surface area contributed by atoms with E-state index in [1.54, 1.807) is 24.3 Å². The predicted molar refractivity (Wildman–Crippen MR) is 92.0 cm³/mol. The first-order valence-corrected chi connectivity index (χ1v) is 8.41. The van der Waals surface area contributed by atoms with Crippen LogP contribution in [0, 0.1) is 0 Å². The summed E-state index contributed by atoms with van der Waals surface area (Å²) in [5, 5.41) is 2.53. The van der Waals surface area contributed by atoms with Crippen LogP contribution in [0.3, 0.4) is 0 Å². The summed E-state index contributed by atoms with van der Waals surface area (Å²) < 4.78 is 51.7. The smallest absolute Gasteiger partial charge is 0.491 e. The molecule has 5 nitrogen and oxygen atoms in total. The molecule has 0 aliphatic carbocycles. The highest BCUT2D eigenvalue weighted by molar-refractivity contribution is 6.04. The van der Waals surface area contributed by atoms with Gasteiger partial charge in [0.1, 0.15) is 18.1 Å². The second-order valence-electron chi connectivity index (χ2n) is 6.00. The largest absolute Gasteiger partial charge is 0.573 e. The monoisotopic (exact) mass is 381 g/mol. The number of benzene rings is 2. The van der Waals surface area contributed by atoms with Gasteiger partial charge in [0.15, 0.2) is 0 Å². The number of hydrogen-bond acceptors (Lipinski definition) is 4. The Hall–Kier alpha value is -2.74. The molecule has 2 aromatic carbocycles. The predicted octanol–water partition coefficient (Wildman–Crippen LogP) is 4.40. The number of carbonyl (C=O) groups excluding carboxylic acids is 1. The van der Waals surface area contributed by atoms with E-state index in [4.69, 9.17) is 9.47 Å². The van der Waals surface area contributed by atoms with Crippen LogP contribution >= 0.6 is 0 Å². The lowest BCUT2D eigenvalue weighted by Crippen LogP contribution is -2.17. The number of carbonyl (C=O) groups is 1. The van der Waals surface area contributed by atoms with Crippen LogP contribution in [0.1, 0.15) is 23.2 Å². The highest BCUT2D eigenvalue weighted by Crippen LogP contribution is 2.25. The van der Waals surface area contributed by atoms with Gasteiger partial charge in [-0.15, -0.1) is 13.2 Å². The molecular formula is C19H18F3NO4. The summed E-state index contributed by atoms with van der Waals surface area (Å²) in [5.74, 6) is -0.245. The van der Waals surface area contributed by atoms with E-state index < -0.39 is 18.0 Å². The quantitative estimate of drug-likeness (QED) is 0.806. The molecular weight excluding hydrogens is 363 g/mol. The van der Waals surface area contributed by atoms with Gasteiger partial charge < -0.3 is 19.5 Å². The van der Waals surface area contributed by atoms with Crippen molar-refractivity contribution in [2.24, 2.45) is 0 Å². The summed E-state index contributed by atoms with van der Waals surface area (Å²) >= 11 is 0. The molecule has 1 aliphatic heterocycles. The fourth-order valence-electron chi connectivity index (χ4n) is 2.64. The molecule has 1 atom stereocenters. The lowest BCUT2D eigenvalue weighted by molar-refractivity contribution is -0.274. The van der Waals surface area contributed by atoms with E-state index in [1.807, 2.05) is 0 Å². The molecule has 1 amide bonds. The van der Waals surface area contributed by atoms with Gasteiger partial charge in [0.25, 0.3) is 5.91 Å². The van der Waals surface area contributed by atoms with E-state index in [9.17, 15) is 18.0 Å². The molecule has 1 N–H and O–H groups in total. The van der Waals surface area contributed by atoms with Crippen molar-refractivity contribution in [2.75, 3.05) is 18.5 Å². The molecule has 2 aromatic rings. The maximum absolute atomic E-state index is 12.3. The minimum absolute atomic E-state index is 0.0965. The molecule has 8 heteroatoms. The summed E-state index contributed by atoms with van der Waals surface area (Å²) in [7, 11) is 0. The van der Waals surface area contributed by atoms with E-state index in [-0.39, 0.29) is 11.8 Å². The molecule has 144 valence electrons. The summed E-state index contributed by atoms with van der Waals surface area (Å²) in [6, 6.07) is 11.6. The minimum atomic E-state index is -4.79. The third-order valence-corrected chi connectivity index (χ3v) is 3.90. The van der Waals surface area contributed by atoms with Gasteiger partial charge in [-0.25, -0.2) is 0 Å². The van der Waals surface area contributed by atoms with Crippen LogP contribution < -0.4 is 14.8 Å². The molecule has 3 rings (SSSR count). The number of anilines is 1. The third kappa shape index (κ3) is 5.89. The Bertz CT molecular complexity index is 771. The van der Waals surface area contributed by atoms with E-state index in [0.29, 0.717) is 17.9 Å². The van der Waals surface area contributed by atoms with E-state index in [2.05, 4.69) is 10.1 Å². The molecule has 1 heterocycles. The maximum atomic E-state index is 12.3. The number of alkyl halides is 3. The minimum Gasteiger partial charge on any atom is -0.491 e. The molecule has 27 heavy (non-hydrogen) atoms. The van der Waals surface area contributed by atoms with E-state index >= 15 is 0 Å². The van der Waals surface area contributed by atoms with Crippen molar-refractivity contribution < 1.29 is 32.2 Å². The van der Waals surface area contributed by atoms with E-state index in [1.165, 1.54) is 12.1 Å². The first-order chi connectivity index (χ1) is 12.9. The summed E-state index contributed by atoms with van der Waals surface area (Å²) in [6.07, 6.45) is -2.69. The van der Waals surface area contributed by atoms with Gasteiger partial charge >= 0.3 is 6.36 Å². The van der Waals surface area contributed by atoms with Crippen LogP contribution in [0.25, 0.3) is 0 Å². The van der Waals surface area contributed by atoms with Gasteiger partial charge in [0.05, 0.1) is 6.10 Å². The first-order valence-electron chi connectivity index (χ1n) is 8.41. The summed E-state index contributed by atoms with van der Waals surface area (Å²) in [5.41, 5.74) is 0.544. The standard InChI is InChI=1S/C19H18F3NO4/c20-19(21,22)27-16-4-1-3-14(11-16)23-18(24)13-6-8-15(9-7-13)26-12-17-5-2-10-25-17/h1,3-4,6-9,11,17H,2,5,10,12H2,(H,23,24).